The summed E-state index contributed by atoms with van der Waals surface area (Å²) in [4.78, 5) is 0. The van der Waals surface area contributed by atoms with E-state index in [1.54, 1.807) is 7.11 Å². The van der Waals surface area contributed by atoms with E-state index in [0.29, 0.717) is 6.10 Å². The molecule has 3 heteroatoms. The van der Waals surface area contributed by atoms with Gasteiger partial charge in [0.05, 0.1) is 6.10 Å². The van der Waals surface area contributed by atoms with Crippen molar-refractivity contribution in [2.75, 3.05) is 20.2 Å². The van der Waals surface area contributed by atoms with Crippen molar-refractivity contribution in [3.8, 4) is 0 Å². The third-order valence-corrected chi connectivity index (χ3v) is 3.27. The third kappa shape index (κ3) is 2.94. The number of hydrogen-bond acceptors (Lipinski definition) is 3. The van der Waals surface area contributed by atoms with Crippen molar-refractivity contribution in [2.45, 2.75) is 50.7 Å². The molecular formula is C11H24N2O. The molecule has 0 aromatic carbocycles. The second kappa shape index (κ2) is 5.69. The molecule has 2 unspecified atom stereocenters. The van der Waals surface area contributed by atoms with E-state index < -0.39 is 0 Å². The van der Waals surface area contributed by atoms with Gasteiger partial charge in [-0.1, -0.05) is 6.92 Å². The Morgan fingerprint density at radius 2 is 2.36 bits per heavy atom. The van der Waals surface area contributed by atoms with Gasteiger partial charge >= 0.3 is 0 Å². The normalized spacial score (nSPS) is 33.2. The molecule has 1 fully saturated rings. The standard InChI is InChI=1S/C11H24N2O/c1-3-7-13-11(9-12)6-4-5-10(8-11)14-2/h10,13H,3-9,12H2,1-2H3. The molecule has 1 aliphatic carbocycles. The molecule has 1 rings (SSSR count). The highest BCUT2D eigenvalue weighted by Crippen LogP contribution is 2.29. The van der Waals surface area contributed by atoms with Crippen LogP contribution in [0.5, 0.6) is 0 Å². The van der Waals surface area contributed by atoms with Gasteiger partial charge in [0.25, 0.3) is 0 Å². The lowest BCUT2D eigenvalue weighted by atomic mass is 9.80. The third-order valence-electron chi connectivity index (χ3n) is 3.27. The van der Waals surface area contributed by atoms with Gasteiger partial charge < -0.3 is 15.8 Å². The highest BCUT2D eigenvalue weighted by Gasteiger charge is 2.34. The maximum atomic E-state index is 5.88. The molecule has 0 radical (unpaired) electrons. The van der Waals surface area contributed by atoms with Crippen LogP contribution in [0.3, 0.4) is 0 Å². The fraction of sp³-hybridized carbons (Fsp3) is 1.00. The smallest absolute Gasteiger partial charge is 0.0589 e. The summed E-state index contributed by atoms with van der Waals surface area (Å²) in [7, 11) is 1.80. The van der Waals surface area contributed by atoms with Crippen LogP contribution in [0.25, 0.3) is 0 Å². The summed E-state index contributed by atoms with van der Waals surface area (Å²) in [6.07, 6.45) is 6.25. The van der Waals surface area contributed by atoms with E-state index in [2.05, 4.69) is 12.2 Å². The Bertz CT molecular complexity index is 163. The van der Waals surface area contributed by atoms with E-state index >= 15 is 0 Å². The quantitative estimate of drug-likeness (QED) is 0.702. The molecule has 1 aliphatic rings. The van der Waals surface area contributed by atoms with Gasteiger partial charge in [0.15, 0.2) is 0 Å². The van der Waals surface area contributed by atoms with Crippen LogP contribution in [-0.2, 0) is 4.74 Å². The average molecular weight is 200 g/mol. The largest absolute Gasteiger partial charge is 0.381 e. The molecule has 0 saturated heterocycles. The first kappa shape index (κ1) is 12.0. The van der Waals surface area contributed by atoms with E-state index in [-0.39, 0.29) is 5.54 Å². The van der Waals surface area contributed by atoms with E-state index in [9.17, 15) is 0 Å². The summed E-state index contributed by atoms with van der Waals surface area (Å²) in [6, 6.07) is 0. The summed E-state index contributed by atoms with van der Waals surface area (Å²) in [5, 5.41) is 3.59. The minimum atomic E-state index is 0.148. The van der Waals surface area contributed by atoms with Crippen LogP contribution in [0.2, 0.25) is 0 Å². The first-order chi connectivity index (χ1) is 6.76. The van der Waals surface area contributed by atoms with Crippen molar-refractivity contribution in [3.63, 3.8) is 0 Å². The van der Waals surface area contributed by atoms with Gasteiger partial charge in [0.1, 0.15) is 0 Å². The van der Waals surface area contributed by atoms with Crippen molar-refractivity contribution in [1.82, 2.24) is 5.32 Å². The minimum Gasteiger partial charge on any atom is -0.381 e. The van der Waals surface area contributed by atoms with Gasteiger partial charge in [0.2, 0.25) is 0 Å². The van der Waals surface area contributed by atoms with Crippen LogP contribution >= 0.6 is 0 Å². The molecule has 84 valence electrons. The van der Waals surface area contributed by atoms with Crippen molar-refractivity contribution >= 4 is 0 Å². The van der Waals surface area contributed by atoms with Crippen molar-refractivity contribution in [1.29, 1.82) is 0 Å². The molecule has 0 aromatic heterocycles. The van der Waals surface area contributed by atoms with Gasteiger partial charge in [0, 0.05) is 19.2 Å². The Balaban J connectivity index is 2.49. The second-order valence-electron chi connectivity index (χ2n) is 4.37. The molecule has 0 heterocycles. The first-order valence-corrected chi connectivity index (χ1v) is 5.74. The van der Waals surface area contributed by atoms with Gasteiger partial charge in [-0.05, 0) is 38.6 Å². The maximum absolute atomic E-state index is 5.88. The van der Waals surface area contributed by atoms with E-state index in [0.717, 1.165) is 19.5 Å². The van der Waals surface area contributed by atoms with Crippen LogP contribution in [-0.4, -0.2) is 31.8 Å². The predicted octanol–water partition coefficient (Wildman–Crippen LogP) is 1.27. The number of nitrogens with two attached hydrogens (primary N) is 1. The molecule has 0 aromatic rings. The van der Waals surface area contributed by atoms with Crippen LogP contribution in [0.1, 0.15) is 39.0 Å². The summed E-state index contributed by atoms with van der Waals surface area (Å²) < 4.78 is 5.43. The van der Waals surface area contributed by atoms with Gasteiger partial charge in [-0.25, -0.2) is 0 Å². The fourth-order valence-corrected chi connectivity index (χ4v) is 2.32. The highest BCUT2D eigenvalue weighted by atomic mass is 16.5. The average Bonchev–Trinajstić information content (AvgIpc) is 2.26. The van der Waals surface area contributed by atoms with Crippen molar-refractivity contribution < 1.29 is 4.74 Å². The lowest BCUT2D eigenvalue weighted by molar-refractivity contribution is 0.0330. The topological polar surface area (TPSA) is 47.3 Å². The molecular weight excluding hydrogens is 176 g/mol. The van der Waals surface area contributed by atoms with E-state index in [4.69, 9.17) is 10.5 Å². The Labute approximate surface area is 87.4 Å². The minimum absolute atomic E-state index is 0.148. The Kier molecular flexibility index (Phi) is 4.85. The molecule has 0 aliphatic heterocycles. The molecule has 2 atom stereocenters. The number of rotatable bonds is 5. The van der Waals surface area contributed by atoms with Crippen LogP contribution in [0.4, 0.5) is 0 Å². The summed E-state index contributed by atoms with van der Waals surface area (Å²) in [5.74, 6) is 0. The second-order valence-corrected chi connectivity index (χ2v) is 4.37. The van der Waals surface area contributed by atoms with Gasteiger partial charge in [-0.15, -0.1) is 0 Å². The zero-order valence-corrected chi connectivity index (χ0v) is 9.51. The number of nitrogens with one attached hydrogen (secondary N) is 1. The molecule has 3 nitrogen and oxygen atoms in total. The fourth-order valence-electron chi connectivity index (χ4n) is 2.32. The zero-order chi connectivity index (χ0) is 10.4. The van der Waals surface area contributed by atoms with Gasteiger partial charge in [-0.2, -0.15) is 0 Å². The Morgan fingerprint density at radius 3 is 2.93 bits per heavy atom. The monoisotopic (exact) mass is 200 g/mol. The van der Waals surface area contributed by atoms with E-state index in [1.807, 2.05) is 0 Å². The van der Waals surface area contributed by atoms with Crippen LogP contribution in [0.15, 0.2) is 0 Å². The van der Waals surface area contributed by atoms with Crippen molar-refractivity contribution in [2.24, 2.45) is 5.73 Å². The Morgan fingerprint density at radius 1 is 1.57 bits per heavy atom. The molecule has 3 N–H and O–H groups in total. The molecule has 14 heavy (non-hydrogen) atoms. The number of hydrogen-bond donors (Lipinski definition) is 2. The molecule has 0 bridgehead atoms. The number of methoxy groups -OCH3 is 1. The van der Waals surface area contributed by atoms with Crippen molar-refractivity contribution in [3.05, 3.63) is 0 Å². The summed E-state index contributed by atoms with van der Waals surface area (Å²) in [6.45, 7) is 3.98. The zero-order valence-electron chi connectivity index (χ0n) is 9.51. The van der Waals surface area contributed by atoms with Crippen LogP contribution in [0, 0.1) is 0 Å². The SMILES string of the molecule is CCCNC1(CN)CCCC(OC)C1. The lowest BCUT2D eigenvalue weighted by Gasteiger charge is -2.40. The highest BCUT2D eigenvalue weighted by molar-refractivity contribution is 4.94. The molecule has 0 spiro atoms. The molecule has 1 saturated carbocycles. The molecule has 0 amide bonds. The summed E-state index contributed by atoms with van der Waals surface area (Å²) >= 11 is 0. The Hall–Kier alpha value is -0.120. The number of ether oxygens (including phenoxy) is 1. The lowest BCUT2D eigenvalue weighted by Crippen LogP contribution is -2.55. The maximum Gasteiger partial charge on any atom is 0.0589 e. The van der Waals surface area contributed by atoms with Crippen LogP contribution < -0.4 is 11.1 Å². The first-order valence-electron chi connectivity index (χ1n) is 5.74. The predicted molar refractivity (Wildman–Crippen MR) is 59.3 cm³/mol. The van der Waals surface area contributed by atoms with Gasteiger partial charge in [-0.3, -0.25) is 0 Å². The summed E-state index contributed by atoms with van der Waals surface area (Å²) in [5.41, 5.74) is 6.03. The van der Waals surface area contributed by atoms with E-state index in [1.165, 1.54) is 25.7 Å².